The summed E-state index contributed by atoms with van der Waals surface area (Å²) in [6, 6.07) is 15.9. The van der Waals surface area contributed by atoms with E-state index in [1.54, 1.807) is 24.3 Å². The quantitative estimate of drug-likeness (QED) is 0.190. The molecule has 13 heteroatoms. The topological polar surface area (TPSA) is 86.2 Å². The van der Waals surface area contributed by atoms with Gasteiger partial charge in [0.05, 0.1) is 50.7 Å². The van der Waals surface area contributed by atoms with Crippen LogP contribution < -0.4 is 20.7 Å². The van der Waals surface area contributed by atoms with Gasteiger partial charge < -0.3 is 9.47 Å². The standard InChI is InChI=1S/C31H22F5N3O4S/c1-42-20-8-7-18(27(11-20)43-2)15-38-28(40)23-12-21(13-31(34,35)36)44-29(23)39(30(38)41)16-24-25(32)9-19(10-26(24)33)22-6-4-3-5-17(22)14-37/h3-12H,13,15-16H2,1-2H3. The Labute approximate surface area is 250 Å². The average Bonchev–Trinajstić information content (AvgIpc) is 3.40. The van der Waals surface area contributed by atoms with Gasteiger partial charge in [-0.3, -0.25) is 13.9 Å². The lowest BCUT2D eigenvalue weighted by atomic mass is 9.98. The minimum atomic E-state index is -4.60. The fourth-order valence-electron chi connectivity index (χ4n) is 4.87. The van der Waals surface area contributed by atoms with Gasteiger partial charge >= 0.3 is 11.9 Å². The third-order valence-corrected chi connectivity index (χ3v) is 8.12. The van der Waals surface area contributed by atoms with Crippen molar-refractivity contribution < 1.29 is 31.4 Å². The minimum Gasteiger partial charge on any atom is -0.497 e. The van der Waals surface area contributed by atoms with Crippen LogP contribution >= 0.6 is 11.3 Å². The zero-order chi connectivity index (χ0) is 31.8. The van der Waals surface area contributed by atoms with Crippen molar-refractivity contribution in [1.29, 1.82) is 5.26 Å². The molecule has 0 saturated heterocycles. The number of rotatable bonds is 8. The van der Waals surface area contributed by atoms with Crippen LogP contribution in [0.1, 0.15) is 21.6 Å². The molecule has 2 heterocycles. The van der Waals surface area contributed by atoms with E-state index in [-0.39, 0.29) is 44.1 Å². The highest BCUT2D eigenvalue weighted by Gasteiger charge is 2.30. The second kappa shape index (κ2) is 12.0. The molecule has 0 aliphatic carbocycles. The second-order valence-electron chi connectivity index (χ2n) is 9.74. The van der Waals surface area contributed by atoms with Gasteiger partial charge in [0.25, 0.3) is 5.56 Å². The van der Waals surface area contributed by atoms with E-state index >= 15 is 8.78 Å². The van der Waals surface area contributed by atoms with Gasteiger partial charge in [0.15, 0.2) is 0 Å². The summed E-state index contributed by atoms with van der Waals surface area (Å²) >= 11 is 0.550. The predicted octanol–water partition coefficient (Wildman–Crippen LogP) is 6.26. The Morgan fingerprint density at radius 2 is 1.61 bits per heavy atom. The van der Waals surface area contributed by atoms with Gasteiger partial charge in [-0.2, -0.15) is 18.4 Å². The first-order chi connectivity index (χ1) is 20.9. The largest absolute Gasteiger partial charge is 0.497 e. The first kappa shape index (κ1) is 30.5. The highest BCUT2D eigenvalue weighted by Crippen LogP contribution is 2.32. The van der Waals surface area contributed by atoms with E-state index in [0.29, 0.717) is 22.6 Å². The number of alkyl halides is 3. The normalized spacial score (nSPS) is 11.5. The Balaban J connectivity index is 1.68. The molecule has 0 saturated carbocycles. The number of nitriles is 1. The minimum absolute atomic E-state index is 0.0820. The summed E-state index contributed by atoms with van der Waals surface area (Å²) in [5, 5.41) is 9.19. The highest BCUT2D eigenvalue weighted by molar-refractivity contribution is 7.18. The third-order valence-electron chi connectivity index (χ3n) is 6.96. The van der Waals surface area contributed by atoms with Crippen molar-refractivity contribution in [1.82, 2.24) is 9.13 Å². The smallest absolute Gasteiger partial charge is 0.393 e. The number of aromatic nitrogens is 2. The van der Waals surface area contributed by atoms with Gasteiger partial charge in [0.2, 0.25) is 0 Å². The summed E-state index contributed by atoms with van der Waals surface area (Å²) in [5.41, 5.74) is -1.47. The molecule has 5 aromatic rings. The summed E-state index contributed by atoms with van der Waals surface area (Å²) in [6.07, 6.45) is -5.96. The van der Waals surface area contributed by atoms with Crippen LogP contribution in [0.3, 0.4) is 0 Å². The Morgan fingerprint density at radius 3 is 2.25 bits per heavy atom. The van der Waals surface area contributed by atoms with Gasteiger partial charge in [-0.15, -0.1) is 11.3 Å². The monoisotopic (exact) mass is 627 g/mol. The summed E-state index contributed by atoms with van der Waals surface area (Å²) in [6.45, 7) is -1.07. The van der Waals surface area contributed by atoms with Crippen LogP contribution in [0.25, 0.3) is 21.3 Å². The van der Waals surface area contributed by atoms with Crippen LogP contribution in [-0.2, 0) is 19.5 Å². The molecule has 0 aliphatic rings. The number of thiophene rings is 1. The van der Waals surface area contributed by atoms with E-state index in [1.807, 2.05) is 6.07 Å². The molecule has 0 amide bonds. The van der Waals surface area contributed by atoms with E-state index in [9.17, 15) is 28.0 Å². The first-order valence-corrected chi connectivity index (χ1v) is 13.8. The molecule has 0 unspecified atom stereocenters. The highest BCUT2D eigenvalue weighted by atomic mass is 32.1. The molecule has 0 atom stereocenters. The molecule has 3 aromatic carbocycles. The number of halogens is 5. The van der Waals surface area contributed by atoms with Crippen LogP contribution in [0, 0.1) is 23.0 Å². The molecular formula is C31H22F5N3O4S. The fourth-order valence-corrected chi connectivity index (χ4v) is 6.04. The lowest BCUT2D eigenvalue weighted by molar-refractivity contribution is -0.126. The van der Waals surface area contributed by atoms with Crippen LogP contribution in [0.4, 0.5) is 22.0 Å². The van der Waals surface area contributed by atoms with E-state index in [4.69, 9.17) is 9.47 Å². The Kier molecular flexibility index (Phi) is 8.29. The van der Waals surface area contributed by atoms with E-state index in [1.165, 1.54) is 32.4 Å². The summed E-state index contributed by atoms with van der Waals surface area (Å²) in [7, 11) is 2.81. The zero-order valence-corrected chi connectivity index (χ0v) is 24.0. The van der Waals surface area contributed by atoms with Crippen molar-refractivity contribution in [2.45, 2.75) is 25.7 Å². The number of nitrogens with zero attached hydrogens (tertiary/aromatic N) is 3. The van der Waals surface area contributed by atoms with E-state index in [0.717, 1.165) is 27.3 Å². The maximum Gasteiger partial charge on any atom is 0.393 e. The van der Waals surface area contributed by atoms with Crippen LogP contribution in [0.5, 0.6) is 11.5 Å². The SMILES string of the molecule is COc1ccc(Cn2c(=O)c3cc(CC(F)(F)F)sc3n(Cc3c(F)cc(-c4ccccc4C#N)cc3F)c2=O)c(OC)c1. The van der Waals surface area contributed by atoms with Crippen molar-refractivity contribution in [3.8, 4) is 28.7 Å². The number of ether oxygens (including phenoxy) is 2. The number of fused-ring (bicyclic) bond motifs is 1. The molecule has 44 heavy (non-hydrogen) atoms. The van der Waals surface area contributed by atoms with Crippen LogP contribution in [-0.4, -0.2) is 29.5 Å². The van der Waals surface area contributed by atoms with Crippen molar-refractivity contribution in [3.63, 3.8) is 0 Å². The predicted molar refractivity (Wildman–Crippen MR) is 154 cm³/mol. The lowest BCUT2D eigenvalue weighted by Gasteiger charge is -2.15. The van der Waals surface area contributed by atoms with Crippen molar-refractivity contribution in [3.05, 3.63) is 115 Å². The number of hydrogen-bond acceptors (Lipinski definition) is 6. The molecule has 2 aromatic heterocycles. The van der Waals surface area contributed by atoms with Gasteiger partial charge in [-0.25, -0.2) is 13.6 Å². The van der Waals surface area contributed by atoms with E-state index < -0.39 is 47.6 Å². The van der Waals surface area contributed by atoms with Gasteiger partial charge in [-0.1, -0.05) is 18.2 Å². The maximum atomic E-state index is 15.5. The number of benzene rings is 3. The van der Waals surface area contributed by atoms with E-state index in [2.05, 4.69) is 0 Å². The van der Waals surface area contributed by atoms with Crippen molar-refractivity contribution >= 4 is 21.6 Å². The lowest BCUT2D eigenvalue weighted by Crippen LogP contribution is -2.40. The zero-order valence-electron chi connectivity index (χ0n) is 23.2. The molecule has 226 valence electrons. The van der Waals surface area contributed by atoms with Crippen LogP contribution in [0.2, 0.25) is 0 Å². The number of methoxy groups -OCH3 is 2. The molecule has 0 bridgehead atoms. The molecule has 7 nitrogen and oxygen atoms in total. The maximum absolute atomic E-state index is 15.5. The Bertz CT molecular complexity index is 2030. The van der Waals surface area contributed by atoms with Gasteiger partial charge in [0, 0.05) is 22.1 Å². The van der Waals surface area contributed by atoms with Gasteiger partial charge in [-0.05, 0) is 47.5 Å². The third kappa shape index (κ3) is 5.93. The molecular weight excluding hydrogens is 605 g/mol. The summed E-state index contributed by atoms with van der Waals surface area (Å²) in [4.78, 5) is 26.9. The first-order valence-electron chi connectivity index (χ1n) is 12.9. The molecule has 0 spiro atoms. The van der Waals surface area contributed by atoms with Gasteiger partial charge in [0.1, 0.15) is 28.0 Å². The Hall–Kier alpha value is -4.96. The fraction of sp³-hybridized carbons (Fsp3) is 0.194. The Morgan fingerprint density at radius 1 is 0.909 bits per heavy atom. The number of hydrogen-bond donors (Lipinski definition) is 0. The molecule has 0 aliphatic heterocycles. The molecule has 0 radical (unpaired) electrons. The second-order valence-corrected chi connectivity index (χ2v) is 10.9. The summed E-state index contributed by atoms with van der Waals surface area (Å²) in [5.74, 6) is -1.38. The summed E-state index contributed by atoms with van der Waals surface area (Å²) < 4.78 is 83.0. The average molecular weight is 628 g/mol. The molecule has 0 fully saturated rings. The van der Waals surface area contributed by atoms with Crippen molar-refractivity contribution in [2.75, 3.05) is 14.2 Å². The molecule has 0 N–H and O–H groups in total. The van der Waals surface area contributed by atoms with Crippen LogP contribution in [0.15, 0.2) is 70.3 Å². The molecule has 5 rings (SSSR count). The van der Waals surface area contributed by atoms with Crippen molar-refractivity contribution in [2.24, 2.45) is 0 Å².